The second-order valence-electron chi connectivity index (χ2n) is 5.53. The van der Waals surface area contributed by atoms with Gasteiger partial charge in [0, 0.05) is 28.2 Å². The van der Waals surface area contributed by atoms with E-state index < -0.39 is 5.97 Å². The predicted molar refractivity (Wildman–Crippen MR) is 97.6 cm³/mol. The molecule has 126 valence electrons. The van der Waals surface area contributed by atoms with Crippen LogP contribution in [0.5, 0.6) is 5.75 Å². The predicted octanol–water partition coefficient (Wildman–Crippen LogP) is 4.71. The minimum atomic E-state index is -0.470. The number of rotatable bonds is 4. The Labute approximate surface area is 150 Å². The first-order valence-corrected chi connectivity index (χ1v) is 8.04. The molecule has 0 bridgehead atoms. The third kappa shape index (κ3) is 4.55. The van der Waals surface area contributed by atoms with E-state index >= 15 is 0 Å². The van der Waals surface area contributed by atoms with Gasteiger partial charge in [0.2, 0.25) is 5.95 Å². The Bertz CT molecular complexity index is 908. The lowest BCUT2D eigenvalue weighted by Gasteiger charge is -2.09. The molecule has 0 radical (unpaired) electrons. The Morgan fingerprint density at radius 1 is 1.00 bits per heavy atom. The van der Waals surface area contributed by atoms with Gasteiger partial charge in [-0.15, -0.1) is 0 Å². The highest BCUT2D eigenvalue weighted by Crippen LogP contribution is 2.21. The van der Waals surface area contributed by atoms with Crippen molar-refractivity contribution < 1.29 is 9.53 Å². The van der Waals surface area contributed by atoms with Crippen LogP contribution in [0.3, 0.4) is 0 Å². The molecule has 0 unspecified atom stereocenters. The summed E-state index contributed by atoms with van der Waals surface area (Å²) in [6.07, 6.45) is 0. The summed E-state index contributed by atoms with van der Waals surface area (Å²) in [5.74, 6) is 0.442. The number of carbonyl (C=O) groups is 1. The monoisotopic (exact) mass is 353 g/mol. The summed E-state index contributed by atoms with van der Waals surface area (Å²) in [4.78, 5) is 20.9. The van der Waals surface area contributed by atoms with E-state index in [1.54, 1.807) is 42.5 Å². The van der Waals surface area contributed by atoms with Gasteiger partial charge in [0.05, 0.1) is 5.56 Å². The molecule has 0 fully saturated rings. The van der Waals surface area contributed by atoms with Crippen molar-refractivity contribution in [1.29, 1.82) is 0 Å². The fourth-order valence-electron chi connectivity index (χ4n) is 2.33. The van der Waals surface area contributed by atoms with E-state index in [0.29, 0.717) is 22.3 Å². The summed E-state index contributed by atoms with van der Waals surface area (Å²) in [7, 11) is 0. The number of esters is 1. The van der Waals surface area contributed by atoms with Crippen molar-refractivity contribution in [3.05, 3.63) is 76.6 Å². The molecule has 25 heavy (non-hydrogen) atoms. The van der Waals surface area contributed by atoms with Crippen molar-refractivity contribution >= 4 is 29.2 Å². The van der Waals surface area contributed by atoms with Gasteiger partial charge in [0.15, 0.2) is 0 Å². The van der Waals surface area contributed by atoms with Crippen LogP contribution >= 0.6 is 11.6 Å². The van der Waals surface area contributed by atoms with Gasteiger partial charge in [-0.05, 0) is 50.2 Å². The molecule has 0 amide bonds. The van der Waals surface area contributed by atoms with Crippen LogP contribution in [-0.2, 0) is 0 Å². The quantitative estimate of drug-likeness (QED) is 0.543. The van der Waals surface area contributed by atoms with Crippen LogP contribution in [0.25, 0.3) is 0 Å². The fourth-order valence-corrected chi connectivity index (χ4v) is 2.52. The van der Waals surface area contributed by atoms with Crippen molar-refractivity contribution in [3.8, 4) is 5.75 Å². The number of ether oxygens (including phenoxy) is 1. The maximum Gasteiger partial charge on any atom is 0.343 e. The van der Waals surface area contributed by atoms with Crippen LogP contribution in [-0.4, -0.2) is 15.9 Å². The molecule has 3 aromatic rings. The summed E-state index contributed by atoms with van der Waals surface area (Å²) < 4.78 is 5.40. The molecule has 0 aliphatic carbocycles. The highest BCUT2D eigenvalue weighted by molar-refractivity contribution is 6.30. The molecule has 0 atom stereocenters. The van der Waals surface area contributed by atoms with Crippen LogP contribution in [0.1, 0.15) is 21.7 Å². The molecule has 0 spiro atoms. The second kappa shape index (κ2) is 7.32. The topological polar surface area (TPSA) is 64.1 Å². The van der Waals surface area contributed by atoms with Gasteiger partial charge in [0.25, 0.3) is 0 Å². The molecular formula is C19H16ClN3O2. The highest BCUT2D eigenvalue weighted by Gasteiger charge is 2.10. The summed E-state index contributed by atoms with van der Waals surface area (Å²) >= 11 is 5.90. The van der Waals surface area contributed by atoms with Crippen molar-refractivity contribution in [1.82, 2.24) is 9.97 Å². The van der Waals surface area contributed by atoms with Crippen molar-refractivity contribution in [2.24, 2.45) is 0 Å². The minimum absolute atomic E-state index is 0.392. The number of aryl methyl sites for hydroxylation is 2. The normalized spacial score (nSPS) is 10.4. The molecule has 1 N–H and O–H groups in total. The Hall–Kier alpha value is -2.92. The van der Waals surface area contributed by atoms with Gasteiger partial charge in [-0.25, -0.2) is 14.8 Å². The number of aromatic nitrogens is 2. The number of anilines is 2. The van der Waals surface area contributed by atoms with Gasteiger partial charge in [-0.3, -0.25) is 0 Å². The number of halogens is 1. The van der Waals surface area contributed by atoms with E-state index in [-0.39, 0.29) is 0 Å². The van der Waals surface area contributed by atoms with Gasteiger partial charge in [-0.2, -0.15) is 0 Å². The second-order valence-corrected chi connectivity index (χ2v) is 5.96. The number of hydrogen-bond donors (Lipinski definition) is 1. The average molecular weight is 354 g/mol. The van der Waals surface area contributed by atoms with Crippen LogP contribution in [0, 0.1) is 13.8 Å². The van der Waals surface area contributed by atoms with E-state index in [1.807, 2.05) is 26.0 Å². The van der Waals surface area contributed by atoms with Crippen molar-refractivity contribution in [2.75, 3.05) is 5.32 Å². The Morgan fingerprint density at radius 3 is 2.44 bits per heavy atom. The van der Waals surface area contributed by atoms with E-state index in [1.165, 1.54) is 0 Å². The van der Waals surface area contributed by atoms with Gasteiger partial charge in [0.1, 0.15) is 5.75 Å². The van der Waals surface area contributed by atoms with Crippen LogP contribution in [0.4, 0.5) is 11.6 Å². The Morgan fingerprint density at radius 2 is 1.72 bits per heavy atom. The Balaban J connectivity index is 1.76. The zero-order chi connectivity index (χ0) is 17.8. The standard InChI is InChI=1S/C19H16ClN3O2/c1-12-9-13(2)22-19(21-12)23-16-7-4-8-17(11-16)25-18(24)14-5-3-6-15(20)10-14/h3-11H,1-2H3,(H,21,22,23). The molecule has 5 nitrogen and oxygen atoms in total. The van der Waals surface area contributed by atoms with Crippen molar-refractivity contribution in [2.45, 2.75) is 13.8 Å². The number of nitrogens with zero attached hydrogens (tertiary/aromatic N) is 2. The molecular weight excluding hydrogens is 338 g/mol. The van der Waals surface area contributed by atoms with Crippen LogP contribution in [0.15, 0.2) is 54.6 Å². The lowest BCUT2D eigenvalue weighted by atomic mass is 10.2. The smallest absolute Gasteiger partial charge is 0.343 e. The summed E-state index contributed by atoms with van der Waals surface area (Å²) in [5, 5.41) is 3.60. The van der Waals surface area contributed by atoms with Gasteiger partial charge in [-0.1, -0.05) is 23.7 Å². The molecule has 3 rings (SSSR count). The lowest BCUT2D eigenvalue weighted by molar-refractivity contribution is 0.0735. The summed E-state index contributed by atoms with van der Waals surface area (Å²) in [6, 6.07) is 15.6. The van der Waals surface area contributed by atoms with Crippen LogP contribution in [0.2, 0.25) is 5.02 Å². The molecule has 1 heterocycles. The van der Waals surface area contributed by atoms with E-state index in [2.05, 4.69) is 15.3 Å². The van der Waals surface area contributed by atoms with Gasteiger partial charge < -0.3 is 10.1 Å². The largest absolute Gasteiger partial charge is 0.423 e. The Kier molecular flexibility index (Phi) is 4.95. The molecule has 1 aromatic heterocycles. The number of nitrogens with one attached hydrogen (secondary N) is 1. The number of carbonyl (C=O) groups excluding carboxylic acids is 1. The minimum Gasteiger partial charge on any atom is -0.423 e. The summed E-state index contributed by atoms with van der Waals surface area (Å²) in [6.45, 7) is 3.81. The summed E-state index contributed by atoms with van der Waals surface area (Å²) in [5.41, 5.74) is 2.86. The lowest BCUT2D eigenvalue weighted by Crippen LogP contribution is -2.08. The van der Waals surface area contributed by atoms with Crippen LogP contribution < -0.4 is 10.1 Å². The molecule has 0 aliphatic rings. The highest BCUT2D eigenvalue weighted by atomic mass is 35.5. The van der Waals surface area contributed by atoms with E-state index in [9.17, 15) is 4.79 Å². The molecule has 6 heteroatoms. The van der Waals surface area contributed by atoms with Gasteiger partial charge >= 0.3 is 5.97 Å². The molecule has 0 aliphatic heterocycles. The first-order valence-electron chi connectivity index (χ1n) is 7.67. The third-order valence-corrected chi connectivity index (χ3v) is 3.58. The zero-order valence-corrected chi connectivity index (χ0v) is 14.5. The maximum atomic E-state index is 12.2. The fraction of sp³-hybridized carbons (Fsp3) is 0.105. The molecule has 0 saturated carbocycles. The first kappa shape index (κ1) is 16.9. The molecule has 2 aromatic carbocycles. The maximum absolute atomic E-state index is 12.2. The molecule has 0 saturated heterocycles. The van der Waals surface area contributed by atoms with E-state index in [4.69, 9.17) is 16.3 Å². The SMILES string of the molecule is Cc1cc(C)nc(Nc2cccc(OC(=O)c3cccc(Cl)c3)c2)n1. The first-order chi connectivity index (χ1) is 12.0. The zero-order valence-electron chi connectivity index (χ0n) is 13.8. The average Bonchev–Trinajstić information content (AvgIpc) is 2.54. The number of benzene rings is 2. The number of hydrogen-bond acceptors (Lipinski definition) is 5. The third-order valence-electron chi connectivity index (χ3n) is 3.34. The van der Waals surface area contributed by atoms with E-state index in [0.717, 1.165) is 17.1 Å². The van der Waals surface area contributed by atoms with Crippen molar-refractivity contribution in [3.63, 3.8) is 0 Å².